The maximum atomic E-state index is 13.1. The summed E-state index contributed by atoms with van der Waals surface area (Å²) in [5.41, 5.74) is 7.87. The minimum atomic E-state index is -0.356. The quantitative estimate of drug-likeness (QED) is 0.450. The van der Waals surface area contributed by atoms with Crippen molar-refractivity contribution in [1.82, 2.24) is 5.32 Å². The van der Waals surface area contributed by atoms with Crippen LogP contribution in [0.15, 0.2) is 54.6 Å². The van der Waals surface area contributed by atoms with Crippen molar-refractivity contribution in [1.29, 1.82) is 0 Å². The lowest BCUT2D eigenvalue weighted by molar-refractivity contribution is 0.0946. The minimum Gasteiger partial charge on any atom is -0.492 e. The molecule has 3 aromatic carbocycles. The maximum Gasteiger partial charge on any atom is 0.255 e. The predicted octanol–water partition coefficient (Wildman–Crippen LogP) is 4.59. The van der Waals surface area contributed by atoms with E-state index in [9.17, 15) is 4.79 Å². The van der Waals surface area contributed by atoms with Gasteiger partial charge in [0, 0.05) is 17.6 Å². The second kappa shape index (κ2) is 11.4. The van der Waals surface area contributed by atoms with E-state index in [1.165, 1.54) is 21.3 Å². The summed E-state index contributed by atoms with van der Waals surface area (Å²) in [6, 6.07) is 16.3. The molecule has 0 bridgehead atoms. The SMILES string of the molecule is COc1c(Oc2ccc(CCN)cc2)cc(C(=O)NCc2ccc(Cl)cc2)c(OC)c1OC. The van der Waals surface area contributed by atoms with Gasteiger partial charge in [0.1, 0.15) is 5.75 Å². The molecule has 0 aliphatic carbocycles. The Kier molecular flexibility index (Phi) is 8.40. The van der Waals surface area contributed by atoms with Crippen molar-refractivity contribution >= 4 is 17.5 Å². The van der Waals surface area contributed by atoms with Crippen LogP contribution in [0.5, 0.6) is 28.7 Å². The Bertz CT molecular complexity index is 1090. The number of halogens is 1. The van der Waals surface area contributed by atoms with Crippen molar-refractivity contribution in [2.24, 2.45) is 5.73 Å². The molecule has 7 nitrogen and oxygen atoms in total. The molecule has 0 aliphatic rings. The van der Waals surface area contributed by atoms with Gasteiger partial charge >= 0.3 is 0 Å². The minimum absolute atomic E-state index is 0.244. The molecule has 0 saturated heterocycles. The number of ether oxygens (including phenoxy) is 4. The van der Waals surface area contributed by atoms with Crippen LogP contribution in [0.2, 0.25) is 5.02 Å². The van der Waals surface area contributed by atoms with E-state index < -0.39 is 0 Å². The molecule has 3 N–H and O–H groups in total. The molecule has 0 spiro atoms. The third kappa shape index (κ3) is 5.88. The molecule has 8 heteroatoms. The van der Waals surface area contributed by atoms with Gasteiger partial charge in [-0.15, -0.1) is 0 Å². The maximum absolute atomic E-state index is 13.1. The molecule has 1 amide bonds. The molecule has 0 saturated carbocycles. The molecule has 174 valence electrons. The molecule has 0 aliphatic heterocycles. The number of rotatable bonds is 10. The molecule has 3 rings (SSSR count). The van der Waals surface area contributed by atoms with Gasteiger partial charge in [-0.1, -0.05) is 35.9 Å². The van der Waals surface area contributed by atoms with Crippen molar-refractivity contribution in [3.8, 4) is 28.7 Å². The van der Waals surface area contributed by atoms with Gasteiger partial charge in [-0.25, -0.2) is 0 Å². The van der Waals surface area contributed by atoms with Crippen molar-refractivity contribution in [2.45, 2.75) is 13.0 Å². The van der Waals surface area contributed by atoms with Crippen molar-refractivity contribution < 1.29 is 23.7 Å². The number of hydrogen-bond acceptors (Lipinski definition) is 6. The van der Waals surface area contributed by atoms with Gasteiger partial charge in [-0.05, 0) is 48.4 Å². The largest absolute Gasteiger partial charge is 0.492 e. The van der Waals surface area contributed by atoms with Crippen molar-refractivity contribution in [3.05, 3.63) is 76.3 Å². The van der Waals surface area contributed by atoms with Gasteiger partial charge in [-0.3, -0.25) is 4.79 Å². The van der Waals surface area contributed by atoms with E-state index in [4.69, 9.17) is 36.3 Å². The number of nitrogens with two attached hydrogens (primary N) is 1. The van der Waals surface area contributed by atoms with Gasteiger partial charge in [0.25, 0.3) is 5.91 Å². The Morgan fingerprint density at radius 3 is 2.06 bits per heavy atom. The third-order valence-corrected chi connectivity index (χ3v) is 5.22. The fraction of sp³-hybridized carbons (Fsp3) is 0.240. The van der Waals surface area contributed by atoms with Crippen molar-refractivity contribution in [2.75, 3.05) is 27.9 Å². The van der Waals surface area contributed by atoms with Crippen LogP contribution in [0, 0.1) is 0 Å². The molecule has 0 fully saturated rings. The lowest BCUT2D eigenvalue weighted by Crippen LogP contribution is -2.23. The van der Waals surface area contributed by atoms with E-state index in [1.54, 1.807) is 18.2 Å². The first kappa shape index (κ1) is 24.2. The van der Waals surface area contributed by atoms with Crippen LogP contribution in [0.25, 0.3) is 0 Å². The Balaban J connectivity index is 1.93. The van der Waals surface area contributed by atoms with Gasteiger partial charge in [0.2, 0.25) is 11.5 Å². The number of nitrogens with one attached hydrogen (secondary N) is 1. The zero-order valence-electron chi connectivity index (χ0n) is 18.8. The summed E-state index contributed by atoms with van der Waals surface area (Å²) in [4.78, 5) is 13.1. The lowest BCUT2D eigenvalue weighted by atomic mass is 10.1. The average molecular weight is 471 g/mol. The summed E-state index contributed by atoms with van der Waals surface area (Å²) < 4.78 is 22.6. The summed E-state index contributed by atoms with van der Waals surface area (Å²) in [7, 11) is 4.43. The summed E-state index contributed by atoms with van der Waals surface area (Å²) in [6.07, 6.45) is 0.776. The average Bonchev–Trinajstić information content (AvgIpc) is 2.84. The predicted molar refractivity (Wildman–Crippen MR) is 128 cm³/mol. The molecular weight excluding hydrogens is 444 g/mol. The van der Waals surface area contributed by atoms with E-state index in [2.05, 4.69) is 5.32 Å². The van der Waals surface area contributed by atoms with Crippen LogP contribution < -0.4 is 30.0 Å². The lowest BCUT2D eigenvalue weighted by Gasteiger charge is -2.19. The molecule has 33 heavy (non-hydrogen) atoms. The topological polar surface area (TPSA) is 92.0 Å². The number of hydrogen-bond donors (Lipinski definition) is 2. The zero-order valence-corrected chi connectivity index (χ0v) is 19.6. The van der Waals surface area contributed by atoms with Gasteiger partial charge in [0.15, 0.2) is 11.5 Å². The summed E-state index contributed by atoms with van der Waals surface area (Å²) >= 11 is 5.93. The Morgan fingerprint density at radius 2 is 1.48 bits per heavy atom. The molecule has 0 heterocycles. The van der Waals surface area contributed by atoms with E-state index in [0.717, 1.165) is 17.5 Å². The number of carbonyl (C=O) groups is 1. The summed E-state index contributed by atoms with van der Waals surface area (Å²) in [6.45, 7) is 0.879. The molecule has 0 atom stereocenters. The highest BCUT2D eigenvalue weighted by Crippen LogP contribution is 2.47. The molecular formula is C25H27ClN2O5. The molecule has 0 aromatic heterocycles. The molecule has 0 radical (unpaired) electrons. The van der Waals surface area contributed by atoms with Gasteiger partial charge in [0.05, 0.1) is 26.9 Å². The highest BCUT2D eigenvalue weighted by molar-refractivity contribution is 6.30. The summed E-state index contributed by atoms with van der Waals surface area (Å²) in [5.74, 6) is 1.36. The highest BCUT2D eigenvalue weighted by atomic mass is 35.5. The zero-order chi connectivity index (χ0) is 23.8. The van der Waals surface area contributed by atoms with Gasteiger partial charge in [-0.2, -0.15) is 0 Å². The first-order valence-electron chi connectivity index (χ1n) is 10.3. The number of carbonyl (C=O) groups excluding carboxylic acids is 1. The Hall–Kier alpha value is -3.42. The first-order chi connectivity index (χ1) is 16.0. The van der Waals surface area contributed by atoms with Crippen molar-refractivity contribution in [3.63, 3.8) is 0 Å². The second-order valence-corrected chi connectivity index (χ2v) is 7.55. The van der Waals surface area contributed by atoms with Crippen LogP contribution in [-0.2, 0) is 13.0 Å². The van der Waals surface area contributed by atoms with Gasteiger partial charge < -0.3 is 30.0 Å². The second-order valence-electron chi connectivity index (χ2n) is 7.12. The van der Waals surface area contributed by atoms with Crippen LogP contribution in [-0.4, -0.2) is 33.8 Å². The normalized spacial score (nSPS) is 10.5. The van der Waals surface area contributed by atoms with Crippen LogP contribution in [0.3, 0.4) is 0 Å². The van der Waals surface area contributed by atoms with E-state index in [-0.39, 0.29) is 23.0 Å². The van der Waals surface area contributed by atoms with Crippen LogP contribution in [0.4, 0.5) is 0 Å². The van der Waals surface area contributed by atoms with E-state index in [0.29, 0.717) is 35.4 Å². The smallest absolute Gasteiger partial charge is 0.255 e. The Labute approximate surface area is 198 Å². The standard InChI is InChI=1S/C25H27ClN2O5/c1-30-22-20(25(29)28-15-17-4-8-18(26)9-5-17)14-21(23(31-2)24(22)32-3)33-19-10-6-16(7-11-19)12-13-27/h4-11,14H,12-13,15,27H2,1-3H3,(H,28,29). The number of methoxy groups -OCH3 is 3. The fourth-order valence-electron chi connectivity index (χ4n) is 3.32. The Morgan fingerprint density at radius 1 is 0.879 bits per heavy atom. The highest BCUT2D eigenvalue weighted by Gasteiger charge is 2.26. The number of benzene rings is 3. The van der Waals surface area contributed by atoms with Crippen LogP contribution >= 0.6 is 11.6 Å². The monoisotopic (exact) mass is 470 g/mol. The molecule has 0 unspecified atom stereocenters. The van der Waals surface area contributed by atoms with E-state index >= 15 is 0 Å². The fourth-order valence-corrected chi connectivity index (χ4v) is 3.45. The first-order valence-corrected chi connectivity index (χ1v) is 10.7. The number of amides is 1. The summed E-state index contributed by atoms with van der Waals surface area (Å²) in [5, 5.41) is 3.51. The third-order valence-electron chi connectivity index (χ3n) is 4.96. The van der Waals surface area contributed by atoms with E-state index in [1.807, 2.05) is 36.4 Å². The van der Waals surface area contributed by atoms with Crippen LogP contribution in [0.1, 0.15) is 21.5 Å². The molecule has 3 aromatic rings.